The normalized spacial score (nSPS) is 15.7. The molecule has 0 atom stereocenters. The highest BCUT2D eigenvalue weighted by atomic mass is 15.2. The third-order valence-electron chi connectivity index (χ3n) is 14.0. The quantitative estimate of drug-likeness (QED) is 0.155. The first-order valence-electron chi connectivity index (χ1n) is 21.7. The molecule has 0 aromatic heterocycles. The molecule has 0 spiro atoms. The molecular formula is C59H50N2. The SMILES string of the molecule is CC1(C)c2ccccc2-c2ccc(N(c3ccccc3)c3ccc4c(c3)C(C)(C)c3cc(/C=C/c5ccc6c(c5)C(C)(C)c5ccccc5N6c5ccccc5)ccc3-4)cc21. The van der Waals surface area contributed by atoms with Gasteiger partial charge >= 0.3 is 0 Å². The molecule has 0 radical (unpaired) electrons. The van der Waals surface area contributed by atoms with Crippen molar-refractivity contribution in [1.29, 1.82) is 0 Å². The van der Waals surface area contributed by atoms with E-state index in [-0.39, 0.29) is 16.2 Å². The van der Waals surface area contributed by atoms with Gasteiger partial charge in [0.2, 0.25) is 0 Å². The number of anilines is 6. The van der Waals surface area contributed by atoms with Crippen molar-refractivity contribution in [2.24, 2.45) is 0 Å². The van der Waals surface area contributed by atoms with Gasteiger partial charge in [0.25, 0.3) is 0 Å². The summed E-state index contributed by atoms with van der Waals surface area (Å²) in [6.45, 7) is 14.2. The lowest BCUT2D eigenvalue weighted by molar-refractivity contribution is 0.631. The van der Waals surface area contributed by atoms with Crippen molar-refractivity contribution in [1.82, 2.24) is 0 Å². The Morgan fingerprint density at radius 1 is 0.344 bits per heavy atom. The van der Waals surface area contributed by atoms with E-state index in [0.717, 1.165) is 5.69 Å². The number of nitrogens with zero attached hydrogens (tertiary/aromatic N) is 2. The third kappa shape index (κ3) is 5.69. The second-order valence-corrected chi connectivity index (χ2v) is 18.7. The number of benzene rings is 8. The summed E-state index contributed by atoms with van der Waals surface area (Å²) in [5.74, 6) is 0. The number of rotatable bonds is 6. The van der Waals surface area contributed by atoms with Crippen LogP contribution in [0, 0.1) is 0 Å². The van der Waals surface area contributed by atoms with E-state index < -0.39 is 0 Å². The zero-order chi connectivity index (χ0) is 41.7. The standard InChI is InChI=1S/C59H50N2/c1-57(2)49-22-14-13-21-45(49)47-32-29-43(37-52(47)57)60(41-17-9-7-10-18-41)44-30-33-48-46-31-27-39(35-51(46)59(5,6)53(48)38-44)25-26-40-28-34-56-54(36-40)58(3,4)50-23-15-16-24-55(50)61(56)42-19-11-8-12-20-42/h7-38H,1-6H3/b26-25+. The van der Waals surface area contributed by atoms with Gasteiger partial charge in [0.1, 0.15) is 0 Å². The van der Waals surface area contributed by atoms with Crippen LogP contribution >= 0.6 is 0 Å². The molecule has 2 aliphatic carbocycles. The molecule has 3 aliphatic rings. The summed E-state index contributed by atoms with van der Waals surface area (Å²) in [5, 5.41) is 0. The van der Waals surface area contributed by atoms with E-state index in [1.165, 1.54) is 95.2 Å². The largest absolute Gasteiger partial charge is 0.310 e. The molecule has 8 aromatic carbocycles. The highest BCUT2D eigenvalue weighted by Crippen LogP contribution is 2.54. The van der Waals surface area contributed by atoms with Gasteiger partial charge in [-0.3, -0.25) is 0 Å². The molecule has 0 unspecified atom stereocenters. The summed E-state index contributed by atoms with van der Waals surface area (Å²) in [7, 11) is 0. The summed E-state index contributed by atoms with van der Waals surface area (Å²) >= 11 is 0. The number of hydrogen-bond acceptors (Lipinski definition) is 2. The average molecular weight is 787 g/mol. The van der Waals surface area contributed by atoms with Gasteiger partial charge in [0.05, 0.1) is 11.4 Å². The predicted octanol–water partition coefficient (Wildman–Crippen LogP) is 16.0. The number of para-hydroxylation sites is 3. The Balaban J connectivity index is 0.932. The van der Waals surface area contributed by atoms with Gasteiger partial charge in [0.15, 0.2) is 0 Å². The van der Waals surface area contributed by atoms with Gasteiger partial charge in [-0.15, -0.1) is 0 Å². The Hall–Kier alpha value is -6.90. The lowest BCUT2D eigenvalue weighted by Gasteiger charge is -2.42. The van der Waals surface area contributed by atoms with Crippen molar-refractivity contribution in [2.75, 3.05) is 9.80 Å². The molecule has 0 fully saturated rings. The first-order chi connectivity index (χ1) is 29.5. The summed E-state index contributed by atoms with van der Waals surface area (Å²) in [6, 6.07) is 67.5. The van der Waals surface area contributed by atoms with E-state index in [2.05, 4.69) is 245 Å². The van der Waals surface area contributed by atoms with Crippen molar-refractivity contribution in [3.05, 3.63) is 226 Å². The maximum Gasteiger partial charge on any atom is 0.0503 e. The zero-order valence-corrected chi connectivity index (χ0v) is 35.9. The lowest BCUT2D eigenvalue weighted by atomic mass is 9.73. The highest BCUT2D eigenvalue weighted by molar-refractivity contribution is 5.90. The smallest absolute Gasteiger partial charge is 0.0503 e. The molecule has 296 valence electrons. The number of hydrogen-bond donors (Lipinski definition) is 0. The first kappa shape index (κ1) is 37.1. The maximum absolute atomic E-state index is 2.44. The minimum Gasteiger partial charge on any atom is -0.310 e. The van der Waals surface area contributed by atoms with Crippen LogP contribution in [-0.4, -0.2) is 0 Å². The van der Waals surface area contributed by atoms with E-state index in [1.807, 2.05) is 0 Å². The van der Waals surface area contributed by atoms with Crippen LogP contribution in [0.1, 0.15) is 86.1 Å². The molecule has 0 saturated heterocycles. The van der Waals surface area contributed by atoms with Crippen LogP contribution in [0.4, 0.5) is 34.1 Å². The Kier molecular flexibility index (Phi) is 8.25. The van der Waals surface area contributed by atoms with E-state index in [1.54, 1.807) is 0 Å². The average Bonchev–Trinajstić information content (AvgIpc) is 3.65. The molecule has 2 heteroatoms. The fraction of sp³-hybridized carbons (Fsp3) is 0.153. The van der Waals surface area contributed by atoms with Gasteiger partial charge in [-0.25, -0.2) is 0 Å². The van der Waals surface area contributed by atoms with Crippen molar-refractivity contribution in [3.8, 4) is 22.3 Å². The Labute approximate surface area is 361 Å². The maximum atomic E-state index is 2.44. The highest BCUT2D eigenvalue weighted by Gasteiger charge is 2.39. The van der Waals surface area contributed by atoms with Crippen LogP contribution in [0.15, 0.2) is 182 Å². The van der Waals surface area contributed by atoms with Crippen molar-refractivity contribution < 1.29 is 0 Å². The van der Waals surface area contributed by atoms with E-state index in [9.17, 15) is 0 Å². The second-order valence-electron chi connectivity index (χ2n) is 18.7. The van der Waals surface area contributed by atoms with E-state index in [4.69, 9.17) is 0 Å². The van der Waals surface area contributed by atoms with Crippen molar-refractivity contribution in [2.45, 2.75) is 57.8 Å². The van der Waals surface area contributed by atoms with Gasteiger partial charge in [-0.2, -0.15) is 0 Å². The van der Waals surface area contributed by atoms with Crippen LogP contribution < -0.4 is 9.80 Å². The fourth-order valence-corrected chi connectivity index (χ4v) is 10.7. The molecule has 0 saturated carbocycles. The molecule has 0 N–H and O–H groups in total. The summed E-state index contributed by atoms with van der Waals surface area (Å²) < 4.78 is 0. The first-order valence-corrected chi connectivity index (χ1v) is 21.7. The van der Waals surface area contributed by atoms with Crippen LogP contribution in [-0.2, 0) is 16.2 Å². The van der Waals surface area contributed by atoms with Gasteiger partial charge in [-0.1, -0.05) is 169 Å². The van der Waals surface area contributed by atoms with E-state index in [0.29, 0.717) is 0 Å². The monoisotopic (exact) mass is 786 g/mol. The molecular weight excluding hydrogens is 737 g/mol. The van der Waals surface area contributed by atoms with Crippen molar-refractivity contribution >= 4 is 46.3 Å². The second kappa shape index (κ2) is 13.6. The molecule has 0 bridgehead atoms. The van der Waals surface area contributed by atoms with Crippen LogP contribution in [0.25, 0.3) is 34.4 Å². The number of fused-ring (bicyclic) bond motifs is 8. The van der Waals surface area contributed by atoms with Crippen molar-refractivity contribution in [3.63, 3.8) is 0 Å². The molecule has 11 rings (SSSR count). The summed E-state index contributed by atoms with van der Waals surface area (Å²) in [5.41, 5.74) is 22.6. The zero-order valence-electron chi connectivity index (χ0n) is 35.9. The summed E-state index contributed by atoms with van der Waals surface area (Å²) in [4.78, 5) is 4.85. The third-order valence-corrected chi connectivity index (χ3v) is 14.0. The van der Waals surface area contributed by atoms with Gasteiger partial charge in [-0.05, 0) is 133 Å². The van der Waals surface area contributed by atoms with Gasteiger partial charge in [0, 0.05) is 39.0 Å². The van der Waals surface area contributed by atoms with E-state index >= 15 is 0 Å². The summed E-state index contributed by atoms with van der Waals surface area (Å²) in [6.07, 6.45) is 4.57. The lowest BCUT2D eigenvalue weighted by Crippen LogP contribution is -2.30. The molecule has 1 aliphatic heterocycles. The minimum absolute atomic E-state index is 0.0790. The molecule has 2 nitrogen and oxygen atoms in total. The topological polar surface area (TPSA) is 6.48 Å². The predicted molar refractivity (Wildman–Crippen MR) is 258 cm³/mol. The van der Waals surface area contributed by atoms with Gasteiger partial charge < -0.3 is 9.80 Å². The molecule has 8 aromatic rings. The minimum atomic E-state index is -0.182. The molecule has 61 heavy (non-hydrogen) atoms. The van der Waals surface area contributed by atoms with Crippen LogP contribution in [0.5, 0.6) is 0 Å². The Bertz CT molecular complexity index is 3060. The Morgan fingerprint density at radius 3 is 1.44 bits per heavy atom. The molecule has 1 heterocycles. The van der Waals surface area contributed by atoms with Crippen LogP contribution in [0.3, 0.4) is 0 Å². The molecule has 0 amide bonds. The van der Waals surface area contributed by atoms with Crippen LogP contribution in [0.2, 0.25) is 0 Å². The Morgan fingerprint density at radius 2 is 0.787 bits per heavy atom. The fourth-order valence-electron chi connectivity index (χ4n) is 10.7.